The Morgan fingerprint density at radius 3 is 2.67 bits per heavy atom. The van der Waals surface area contributed by atoms with Crippen molar-refractivity contribution in [2.45, 2.75) is 48.7 Å². The van der Waals surface area contributed by atoms with Gasteiger partial charge >= 0.3 is 0 Å². The molecule has 5 aromatic rings. The maximum atomic E-state index is 12.7. The van der Waals surface area contributed by atoms with Crippen LogP contribution in [0.15, 0.2) is 64.9 Å². The van der Waals surface area contributed by atoms with Crippen LogP contribution in [0.1, 0.15) is 34.4 Å². The molecule has 1 aliphatic carbocycles. The van der Waals surface area contributed by atoms with Crippen LogP contribution in [-0.4, -0.2) is 31.2 Å². The summed E-state index contributed by atoms with van der Waals surface area (Å²) in [6.45, 7) is 1.99. The van der Waals surface area contributed by atoms with Gasteiger partial charge in [-0.1, -0.05) is 72.1 Å². The molecule has 36 heavy (non-hydrogen) atoms. The van der Waals surface area contributed by atoms with Gasteiger partial charge in [-0.25, -0.2) is 9.38 Å². The topological polar surface area (TPSA) is 72.2 Å². The maximum absolute atomic E-state index is 12.7. The lowest BCUT2D eigenvalue weighted by Crippen LogP contribution is -2.15. The van der Waals surface area contributed by atoms with Crippen molar-refractivity contribution in [1.29, 1.82) is 0 Å². The van der Waals surface area contributed by atoms with Crippen LogP contribution >= 0.6 is 34.9 Å². The number of thiophene rings is 1. The molecule has 0 saturated heterocycles. The minimum atomic E-state index is -0.0634. The molecule has 182 valence electrons. The summed E-state index contributed by atoms with van der Waals surface area (Å²) in [6.07, 6.45) is 4.61. The number of aryl methyl sites for hydroxylation is 3. The molecule has 1 aliphatic rings. The van der Waals surface area contributed by atoms with E-state index >= 15 is 0 Å². The molecular weight excluding hydrogens is 507 g/mol. The second-order valence-corrected chi connectivity index (χ2v) is 11.8. The van der Waals surface area contributed by atoms with E-state index in [0.717, 1.165) is 50.9 Å². The van der Waals surface area contributed by atoms with E-state index in [9.17, 15) is 4.79 Å². The van der Waals surface area contributed by atoms with Crippen molar-refractivity contribution in [1.82, 2.24) is 19.6 Å². The highest BCUT2D eigenvalue weighted by molar-refractivity contribution is 8.00. The standard InChI is InChI=1S/C27H25N5OS3/c1-17-9-5-7-13-20(17)28-22(33)16-35-27-31-30-24-23-19-12-6-8-14-21(19)36-25(23)29-26(32(24)27)34-15-18-10-3-2-4-11-18/h2-5,7,9-11,13H,6,8,12,14-16H2,1H3,(H,28,33). The molecular formula is C27H25N5OS3. The molecule has 0 saturated carbocycles. The number of anilines is 1. The molecule has 3 aromatic heterocycles. The van der Waals surface area contributed by atoms with Crippen molar-refractivity contribution in [2.75, 3.05) is 11.1 Å². The van der Waals surface area contributed by atoms with Crippen molar-refractivity contribution < 1.29 is 4.79 Å². The minimum absolute atomic E-state index is 0.0634. The average Bonchev–Trinajstić information content (AvgIpc) is 3.49. The van der Waals surface area contributed by atoms with E-state index in [1.165, 1.54) is 40.6 Å². The molecule has 6 nitrogen and oxygen atoms in total. The average molecular weight is 532 g/mol. The lowest BCUT2D eigenvalue weighted by molar-refractivity contribution is -0.113. The number of nitrogens with zero attached hydrogens (tertiary/aromatic N) is 4. The Morgan fingerprint density at radius 1 is 1.00 bits per heavy atom. The van der Waals surface area contributed by atoms with Gasteiger partial charge in [0.05, 0.1) is 11.1 Å². The summed E-state index contributed by atoms with van der Waals surface area (Å²) in [5, 5.41) is 14.9. The fraction of sp³-hybridized carbons (Fsp3) is 0.259. The molecule has 0 bridgehead atoms. The van der Waals surface area contributed by atoms with Gasteiger partial charge in [0.15, 0.2) is 16.0 Å². The number of nitrogens with one attached hydrogen (secondary N) is 1. The Labute approximate surface area is 221 Å². The first-order valence-electron chi connectivity index (χ1n) is 12.0. The normalized spacial score (nSPS) is 13.2. The number of carbonyl (C=O) groups is 1. The Balaban J connectivity index is 1.34. The van der Waals surface area contributed by atoms with Crippen LogP contribution in [0.2, 0.25) is 0 Å². The highest BCUT2D eigenvalue weighted by Gasteiger charge is 2.24. The minimum Gasteiger partial charge on any atom is -0.325 e. The summed E-state index contributed by atoms with van der Waals surface area (Å²) >= 11 is 4.89. The lowest BCUT2D eigenvalue weighted by Gasteiger charge is -2.11. The van der Waals surface area contributed by atoms with Crippen molar-refractivity contribution in [3.63, 3.8) is 0 Å². The van der Waals surface area contributed by atoms with Gasteiger partial charge in [-0.3, -0.25) is 4.79 Å². The summed E-state index contributed by atoms with van der Waals surface area (Å²) in [4.78, 5) is 20.3. The lowest BCUT2D eigenvalue weighted by atomic mass is 9.97. The Morgan fingerprint density at radius 2 is 1.81 bits per heavy atom. The number of amides is 1. The number of fused-ring (bicyclic) bond motifs is 5. The van der Waals surface area contributed by atoms with Crippen LogP contribution < -0.4 is 5.32 Å². The monoisotopic (exact) mass is 531 g/mol. The summed E-state index contributed by atoms with van der Waals surface area (Å²) in [5.41, 5.74) is 5.36. The molecule has 0 unspecified atom stereocenters. The predicted octanol–water partition coefficient (Wildman–Crippen LogP) is 6.55. The van der Waals surface area contributed by atoms with Crippen molar-refractivity contribution >= 4 is 62.3 Å². The molecule has 9 heteroatoms. The number of rotatable bonds is 7. The van der Waals surface area contributed by atoms with Crippen molar-refractivity contribution in [3.05, 3.63) is 76.2 Å². The van der Waals surface area contributed by atoms with E-state index in [2.05, 4.69) is 44.2 Å². The Bertz CT molecular complexity index is 1560. The highest BCUT2D eigenvalue weighted by atomic mass is 32.2. The van der Waals surface area contributed by atoms with E-state index in [-0.39, 0.29) is 11.7 Å². The molecule has 0 radical (unpaired) electrons. The third-order valence-electron chi connectivity index (χ3n) is 6.36. The van der Waals surface area contributed by atoms with Crippen molar-refractivity contribution in [3.8, 4) is 0 Å². The zero-order valence-corrected chi connectivity index (χ0v) is 22.3. The molecule has 0 fully saturated rings. The van der Waals surface area contributed by atoms with Gasteiger partial charge in [-0.05, 0) is 55.4 Å². The van der Waals surface area contributed by atoms with Gasteiger partial charge < -0.3 is 5.32 Å². The van der Waals surface area contributed by atoms with Gasteiger partial charge in [-0.15, -0.1) is 21.5 Å². The number of para-hydroxylation sites is 1. The van der Waals surface area contributed by atoms with E-state index in [1.54, 1.807) is 23.1 Å². The molecule has 6 rings (SSSR count). The summed E-state index contributed by atoms with van der Waals surface area (Å²) in [7, 11) is 0. The quantitative estimate of drug-likeness (QED) is 0.190. The highest BCUT2D eigenvalue weighted by Crippen LogP contribution is 2.40. The number of hydrogen-bond acceptors (Lipinski definition) is 7. The van der Waals surface area contributed by atoms with Crippen LogP contribution in [0, 0.1) is 6.92 Å². The Hall–Kier alpha value is -2.88. The SMILES string of the molecule is Cc1ccccc1NC(=O)CSc1nnc2c3c4c(sc3nc(SCc3ccccc3)n12)CCCC4. The molecule has 1 amide bonds. The van der Waals surface area contributed by atoms with Gasteiger partial charge in [0.1, 0.15) is 4.83 Å². The number of thioether (sulfide) groups is 2. The first kappa shape index (κ1) is 23.5. The van der Waals surface area contributed by atoms with Crippen LogP contribution in [0.3, 0.4) is 0 Å². The van der Waals surface area contributed by atoms with Crippen molar-refractivity contribution in [2.24, 2.45) is 0 Å². The maximum Gasteiger partial charge on any atom is 0.234 e. The second kappa shape index (κ2) is 10.2. The molecule has 0 spiro atoms. The first-order chi connectivity index (χ1) is 17.7. The third-order valence-corrected chi connectivity index (χ3v) is 9.48. The molecule has 0 atom stereocenters. The van der Waals surface area contributed by atoms with E-state index < -0.39 is 0 Å². The Kier molecular flexibility index (Phi) is 6.69. The smallest absolute Gasteiger partial charge is 0.234 e. The molecule has 1 N–H and O–H groups in total. The molecule has 2 aromatic carbocycles. The number of carbonyl (C=O) groups excluding carboxylic acids is 1. The van der Waals surface area contributed by atoms with Crippen LogP contribution in [0.4, 0.5) is 5.69 Å². The largest absolute Gasteiger partial charge is 0.325 e. The summed E-state index contributed by atoms with van der Waals surface area (Å²) < 4.78 is 2.06. The van der Waals surface area contributed by atoms with E-state index in [1.807, 2.05) is 37.3 Å². The summed E-state index contributed by atoms with van der Waals surface area (Å²) in [6, 6.07) is 18.2. The van der Waals surface area contributed by atoms with Gasteiger partial charge in [0.25, 0.3) is 0 Å². The number of hydrogen-bond donors (Lipinski definition) is 1. The fourth-order valence-electron chi connectivity index (χ4n) is 4.54. The number of aromatic nitrogens is 4. The van der Waals surface area contributed by atoms with Crippen LogP contribution in [-0.2, 0) is 23.4 Å². The molecule has 3 heterocycles. The number of benzene rings is 2. The fourth-order valence-corrected chi connectivity index (χ4v) is 7.59. The van der Waals surface area contributed by atoms with Gasteiger partial charge in [-0.2, -0.15) is 0 Å². The van der Waals surface area contributed by atoms with Gasteiger partial charge in [0, 0.05) is 16.3 Å². The molecule has 0 aliphatic heterocycles. The first-order valence-corrected chi connectivity index (χ1v) is 14.8. The van der Waals surface area contributed by atoms with E-state index in [4.69, 9.17) is 4.98 Å². The second-order valence-electron chi connectivity index (χ2n) is 8.85. The van der Waals surface area contributed by atoms with Crippen LogP contribution in [0.5, 0.6) is 0 Å². The summed E-state index contributed by atoms with van der Waals surface area (Å²) in [5.74, 6) is 0.985. The zero-order chi connectivity index (χ0) is 24.5. The van der Waals surface area contributed by atoms with Crippen LogP contribution in [0.25, 0.3) is 15.9 Å². The zero-order valence-electron chi connectivity index (χ0n) is 19.9. The predicted molar refractivity (Wildman–Crippen MR) is 149 cm³/mol. The van der Waals surface area contributed by atoms with E-state index in [0.29, 0.717) is 5.16 Å². The van der Waals surface area contributed by atoms with Gasteiger partial charge in [0.2, 0.25) is 5.91 Å². The third kappa shape index (κ3) is 4.63.